The van der Waals surface area contributed by atoms with Gasteiger partial charge in [0.05, 0.1) is 0 Å². The topological polar surface area (TPSA) is 85.8 Å². The molecular formula is C21H37N7O. The molecule has 0 aliphatic carbocycles. The predicted molar refractivity (Wildman–Crippen MR) is 118 cm³/mol. The second-order valence-electron chi connectivity index (χ2n) is 7.46. The third kappa shape index (κ3) is 7.87. The molecule has 1 amide bonds. The summed E-state index contributed by atoms with van der Waals surface area (Å²) in [6, 6.07) is 1.81. The number of hydrogen-bond acceptors (Lipinski definition) is 5. The van der Waals surface area contributed by atoms with Crippen LogP contribution in [0, 0.1) is 5.92 Å². The number of carbonyl (C=O) groups is 1. The SMILES string of the molecule is CCCCC(CC)CNC(=NC)NCCC(=O)N1CCN(c2ncccn2)CC1. The van der Waals surface area contributed by atoms with Gasteiger partial charge < -0.3 is 20.4 Å². The van der Waals surface area contributed by atoms with Crippen LogP contribution in [0.15, 0.2) is 23.5 Å². The van der Waals surface area contributed by atoms with Gasteiger partial charge >= 0.3 is 0 Å². The van der Waals surface area contributed by atoms with E-state index in [2.05, 4.69) is 44.3 Å². The van der Waals surface area contributed by atoms with Gasteiger partial charge in [-0.2, -0.15) is 0 Å². The van der Waals surface area contributed by atoms with E-state index in [1.54, 1.807) is 19.4 Å². The van der Waals surface area contributed by atoms with Crippen LogP contribution in [0.3, 0.4) is 0 Å². The van der Waals surface area contributed by atoms with Crippen molar-refractivity contribution in [3.05, 3.63) is 18.5 Å². The Balaban J connectivity index is 1.65. The number of guanidine groups is 1. The lowest BCUT2D eigenvalue weighted by atomic mass is 9.99. The second-order valence-corrected chi connectivity index (χ2v) is 7.46. The van der Waals surface area contributed by atoms with Crippen molar-refractivity contribution in [2.45, 2.75) is 46.0 Å². The number of unbranched alkanes of at least 4 members (excludes halogenated alkanes) is 1. The standard InChI is InChI=1S/C21H37N7O/c1-4-6-8-18(5-2)17-26-20(22-3)23-12-9-19(29)27-13-15-28(16-14-27)21-24-10-7-11-25-21/h7,10-11,18H,4-6,8-9,12-17H2,1-3H3,(H2,22,23,26). The third-order valence-electron chi connectivity index (χ3n) is 5.42. The van der Waals surface area contributed by atoms with Gasteiger partial charge in [0, 0.05) is 65.1 Å². The molecule has 1 saturated heterocycles. The normalized spacial score (nSPS) is 15.9. The number of piperazine rings is 1. The molecule has 162 valence electrons. The summed E-state index contributed by atoms with van der Waals surface area (Å²) in [5, 5.41) is 6.67. The molecule has 1 aromatic rings. The van der Waals surface area contributed by atoms with Crippen LogP contribution >= 0.6 is 0 Å². The van der Waals surface area contributed by atoms with Crippen LogP contribution in [-0.4, -0.2) is 73.1 Å². The molecule has 0 radical (unpaired) electrons. The van der Waals surface area contributed by atoms with Crippen molar-refractivity contribution in [1.29, 1.82) is 0 Å². The third-order valence-corrected chi connectivity index (χ3v) is 5.42. The largest absolute Gasteiger partial charge is 0.356 e. The van der Waals surface area contributed by atoms with Crippen molar-refractivity contribution in [1.82, 2.24) is 25.5 Å². The highest BCUT2D eigenvalue weighted by atomic mass is 16.2. The van der Waals surface area contributed by atoms with Gasteiger partial charge in [-0.3, -0.25) is 9.79 Å². The molecule has 8 nitrogen and oxygen atoms in total. The van der Waals surface area contributed by atoms with Crippen molar-refractivity contribution >= 4 is 17.8 Å². The monoisotopic (exact) mass is 403 g/mol. The maximum Gasteiger partial charge on any atom is 0.225 e. The first-order chi connectivity index (χ1) is 14.2. The lowest BCUT2D eigenvalue weighted by Crippen LogP contribution is -2.50. The Morgan fingerprint density at radius 3 is 2.52 bits per heavy atom. The molecule has 2 heterocycles. The molecule has 0 spiro atoms. The molecule has 1 aliphatic rings. The molecule has 29 heavy (non-hydrogen) atoms. The van der Waals surface area contributed by atoms with Crippen molar-refractivity contribution in [3.63, 3.8) is 0 Å². The summed E-state index contributed by atoms with van der Waals surface area (Å²) in [6.45, 7) is 8.93. The number of amides is 1. The first-order valence-electron chi connectivity index (χ1n) is 10.9. The fourth-order valence-corrected chi connectivity index (χ4v) is 3.46. The van der Waals surface area contributed by atoms with Crippen molar-refractivity contribution in [2.24, 2.45) is 10.9 Å². The van der Waals surface area contributed by atoms with Crippen molar-refractivity contribution < 1.29 is 4.79 Å². The van der Waals surface area contributed by atoms with E-state index in [4.69, 9.17) is 0 Å². The van der Waals surface area contributed by atoms with Gasteiger partial charge in [0.2, 0.25) is 11.9 Å². The van der Waals surface area contributed by atoms with Gasteiger partial charge in [-0.1, -0.05) is 33.1 Å². The average molecular weight is 404 g/mol. The van der Waals surface area contributed by atoms with Gasteiger partial charge in [-0.15, -0.1) is 0 Å². The van der Waals surface area contributed by atoms with E-state index in [1.165, 1.54) is 25.7 Å². The Morgan fingerprint density at radius 2 is 1.90 bits per heavy atom. The molecule has 2 N–H and O–H groups in total. The zero-order valence-corrected chi connectivity index (χ0v) is 18.2. The molecular weight excluding hydrogens is 366 g/mol. The van der Waals surface area contributed by atoms with Crippen LogP contribution in [-0.2, 0) is 4.79 Å². The van der Waals surface area contributed by atoms with Crippen molar-refractivity contribution in [3.8, 4) is 0 Å². The zero-order valence-electron chi connectivity index (χ0n) is 18.2. The fraction of sp³-hybridized carbons (Fsp3) is 0.714. The molecule has 0 aromatic carbocycles. The number of hydrogen-bond donors (Lipinski definition) is 2. The van der Waals surface area contributed by atoms with Crippen LogP contribution in [0.4, 0.5) is 5.95 Å². The Labute approximate surface area is 175 Å². The number of aliphatic imine (C=N–C) groups is 1. The predicted octanol–water partition coefficient (Wildman–Crippen LogP) is 1.90. The number of nitrogens with zero attached hydrogens (tertiary/aromatic N) is 5. The van der Waals surface area contributed by atoms with Crippen LogP contribution in [0.25, 0.3) is 0 Å². The molecule has 0 saturated carbocycles. The molecule has 1 aliphatic heterocycles. The highest BCUT2D eigenvalue weighted by Crippen LogP contribution is 2.11. The Kier molecular flexibility index (Phi) is 10.2. The minimum Gasteiger partial charge on any atom is -0.356 e. The fourth-order valence-electron chi connectivity index (χ4n) is 3.46. The lowest BCUT2D eigenvalue weighted by Gasteiger charge is -2.34. The average Bonchev–Trinajstić information content (AvgIpc) is 2.78. The summed E-state index contributed by atoms with van der Waals surface area (Å²) in [5.41, 5.74) is 0. The van der Waals surface area contributed by atoms with Crippen LogP contribution in [0.5, 0.6) is 0 Å². The number of rotatable bonds is 10. The molecule has 0 bridgehead atoms. The molecule has 8 heteroatoms. The number of anilines is 1. The van der Waals surface area contributed by atoms with Gasteiger partial charge in [0.1, 0.15) is 0 Å². The minimum atomic E-state index is 0.177. The molecule has 1 fully saturated rings. The maximum absolute atomic E-state index is 12.5. The molecule has 1 unspecified atom stereocenters. The Hall–Kier alpha value is -2.38. The van der Waals surface area contributed by atoms with Crippen LogP contribution < -0.4 is 15.5 Å². The minimum absolute atomic E-state index is 0.177. The summed E-state index contributed by atoms with van der Waals surface area (Å²) in [6.07, 6.45) is 8.88. The van der Waals surface area contributed by atoms with Gasteiger partial charge in [-0.05, 0) is 18.4 Å². The smallest absolute Gasteiger partial charge is 0.225 e. The molecule has 1 atom stereocenters. The van der Waals surface area contributed by atoms with E-state index in [-0.39, 0.29) is 5.91 Å². The summed E-state index contributed by atoms with van der Waals surface area (Å²) < 4.78 is 0. The first-order valence-corrected chi connectivity index (χ1v) is 10.9. The van der Waals surface area contributed by atoms with E-state index in [0.717, 1.165) is 31.5 Å². The highest BCUT2D eigenvalue weighted by molar-refractivity contribution is 5.81. The Bertz CT molecular complexity index is 615. The Morgan fingerprint density at radius 1 is 1.17 bits per heavy atom. The number of nitrogens with one attached hydrogen (secondary N) is 2. The van der Waals surface area contributed by atoms with Crippen LogP contribution in [0.2, 0.25) is 0 Å². The van der Waals surface area contributed by atoms with E-state index in [0.29, 0.717) is 32.0 Å². The second kappa shape index (κ2) is 13.0. The maximum atomic E-state index is 12.5. The van der Waals surface area contributed by atoms with E-state index >= 15 is 0 Å². The lowest BCUT2D eigenvalue weighted by molar-refractivity contribution is -0.131. The van der Waals surface area contributed by atoms with E-state index in [9.17, 15) is 4.79 Å². The van der Waals surface area contributed by atoms with E-state index in [1.807, 2.05) is 11.0 Å². The quantitative estimate of drug-likeness (QED) is 0.458. The summed E-state index contributed by atoms with van der Waals surface area (Å²) >= 11 is 0. The molecule has 1 aromatic heterocycles. The number of carbonyl (C=O) groups excluding carboxylic acids is 1. The summed E-state index contributed by atoms with van der Waals surface area (Å²) in [5.74, 6) is 2.36. The first kappa shape index (κ1) is 22.9. The zero-order chi connectivity index (χ0) is 20.9. The van der Waals surface area contributed by atoms with Crippen molar-refractivity contribution in [2.75, 3.05) is 51.2 Å². The highest BCUT2D eigenvalue weighted by Gasteiger charge is 2.22. The summed E-state index contributed by atoms with van der Waals surface area (Å²) in [7, 11) is 1.77. The summed E-state index contributed by atoms with van der Waals surface area (Å²) in [4.78, 5) is 29.4. The van der Waals surface area contributed by atoms with Gasteiger partial charge in [-0.25, -0.2) is 9.97 Å². The number of aromatic nitrogens is 2. The van der Waals surface area contributed by atoms with Gasteiger partial charge in [0.15, 0.2) is 5.96 Å². The van der Waals surface area contributed by atoms with Crippen LogP contribution in [0.1, 0.15) is 46.0 Å². The van der Waals surface area contributed by atoms with Gasteiger partial charge in [0.25, 0.3) is 0 Å². The molecule has 2 rings (SSSR count). The van der Waals surface area contributed by atoms with E-state index < -0.39 is 0 Å².